The first kappa shape index (κ1) is 13.5. The minimum absolute atomic E-state index is 0.169. The molecule has 0 unspecified atom stereocenters. The number of ketones is 1. The van der Waals surface area contributed by atoms with E-state index in [9.17, 15) is 9.18 Å². The lowest BCUT2D eigenvalue weighted by atomic mass is 9.97. The zero-order valence-corrected chi connectivity index (χ0v) is 11.8. The Labute approximate surface area is 123 Å². The van der Waals surface area contributed by atoms with Crippen molar-refractivity contribution < 1.29 is 9.18 Å². The van der Waals surface area contributed by atoms with Crippen LogP contribution in [0.1, 0.15) is 21.5 Å². The van der Waals surface area contributed by atoms with Crippen LogP contribution in [0.15, 0.2) is 60.7 Å². The molecular formula is C19H15FO. The summed E-state index contributed by atoms with van der Waals surface area (Å²) in [6.45, 7) is 1.86. The fourth-order valence-corrected chi connectivity index (χ4v) is 2.57. The number of carbonyl (C=O) groups excluding carboxylic acids is 1. The molecule has 3 rings (SSSR count). The summed E-state index contributed by atoms with van der Waals surface area (Å²) in [6.07, 6.45) is 0.210. The van der Waals surface area contributed by atoms with Crippen LogP contribution in [0, 0.1) is 12.7 Å². The molecule has 0 aliphatic heterocycles. The van der Waals surface area contributed by atoms with Gasteiger partial charge in [-0.3, -0.25) is 4.79 Å². The molecule has 0 N–H and O–H groups in total. The summed E-state index contributed by atoms with van der Waals surface area (Å²) in [5.41, 5.74) is 1.99. The molecule has 3 aromatic carbocycles. The Bertz CT molecular complexity index is 815. The predicted molar refractivity (Wildman–Crippen MR) is 83.1 cm³/mol. The zero-order chi connectivity index (χ0) is 14.8. The van der Waals surface area contributed by atoms with E-state index in [2.05, 4.69) is 0 Å². The van der Waals surface area contributed by atoms with E-state index in [1.165, 1.54) is 6.07 Å². The van der Waals surface area contributed by atoms with Gasteiger partial charge < -0.3 is 0 Å². The van der Waals surface area contributed by atoms with Gasteiger partial charge in [0.05, 0.1) is 5.56 Å². The van der Waals surface area contributed by atoms with E-state index >= 15 is 0 Å². The second-order valence-corrected chi connectivity index (χ2v) is 5.22. The summed E-state index contributed by atoms with van der Waals surface area (Å²) < 4.78 is 13.8. The number of carbonyl (C=O) groups is 1. The number of Topliss-reactive ketones (excluding diaryl/α,β-unsaturated/α-hetero) is 1. The van der Waals surface area contributed by atoms with Crippen molar-refractivity contribution in [1.82, 2.24) is 0 Å². The van der Waals surface area contributed by atoms with Gasteiger partial charge in [-0.05, 0) is 35.4 Å². The van der Waals surface area contributed by atoms with Crippen LogP contribution in [-0.4, -0.2) is 5.78 Å². The van der Waals surface area contributed by atoms with Gasteiger partial charge >= 0.3 is 0 Å². The summed E-state index contributed by atoms with van der Waals surface area (Å²) in [5, 5.41) is 2.13. The molecular weight excluding hydrogens is 263 g/mol. The topological polar surface area (TPSA) is 17.1 Å². The third-order valence-electron chi connectivity index (χ3n) is 3.65. The van der Waals surface area contributed by atoms with E-state index < -0.39 is 5.82 Å². The molecule has 0 spiro atoms. The van der Waals surface area contributed by atoms with E-state index in [0.717, 1.165) is 21.9 Å². The van der Waals surface area contributed by atoms with Gasteiger partial charge in [0, 0.05) is 6.42 Å². The van der Waals surface area contributed by atoms with Gasteiger partial charge in [-0.25, -0.2) is 4.39 Å². The maximum Gasteiger partial charge on any atom is 0.170 e. The lowest BCUT2D eigenvalue weighted by molar-refractivity contribution is 0.0989. The monoisotopic (exact) mass is 278 g/mol. The largest absolute Gasteiger partial charge is 0.294 e. The van der Waals surface area contributed by atoms with Gasteiger partial charge in [-0.15, -0.1) is 0 Å². The second kappa shape index (κ2) is 5.49. The maximum atomic E-state index is 13.8. The first-order valence-corrected chi connectivity index (χ1v) is 6.91. The van der Waals surface area contributed by atoms with Crippen molar-refractivity contribution in [2.45, 2.75) is 13.3 Å². The van der Waals surface area contributed by atoms with Crippen molar-refractivity contribution in [2.24, 2.45) is 0 Å². The molecule has 0 heterocycles. The average Bonchev–Trinajstić information content (AvgIpc) is 2.50. The minimum Gasteiger partial charge on any atom is -0.294 e. The Morgan fingerprint density at radius 3 is 2.62 bits per heavy atom. The third-order valence-corrected chi connectivity index (χ3v) is 3.65. The van der Waals surface area contributed by atoms with E-state index in [0.29, 0.717) is 0 Å². The Kier molecular flexibility index (Phi) is 3.53. The fraction of sp³-hybridized carbons (Fsp3) is 0.105. The van der Waals surface area contributed by atoms with Gasteiger partial charge in [-0.1, -0.05) is 54.1 Å². The first-order valence-electron chi connectivity index (χ1n) is 6.91. The van der Waals surface area contributed by atoms with Crippen LogP contribution in [0.4, 0.5) is 4.39 Å². The van der Waals surface area contributed by atoms with Crippen LogP contribution < -0.4 is 0 Å². The van der Waals surface area contributed by atoms with Gasteiger partial charge in [0.2, 0.25) is 0 Å². The lowest BCUT2D eigenvalue weighted by Gasteiger charge is -2.07. The summed E-state index contributed by atoms with van der Waals surface area (Å²) in [5.74, 6) is -0.640. The highest BCUT2D eigenvalue weighted by Gasteiger charge is 2.13. The van der Waals surface area contributed by atoms with E-state index in [1.807, 2.05) is 49.4 Å². The van der Waals surface area contributed by atoms with E-state index in [-0.39, 0.29) is 17.8 Å². The van der Waals surface area contributed by atoms with Crippen LogP contribution in [0.3, 0.4) is 0 Å². The number of fused-ring (bicyclic) bond motifs is 1. The normalized spacial score (nSPS) is 10.8. The lowest BCUT2D eigenvalue weighted by Crippen LogP contribution is -2.07. The van der Waals surface area contributed by atoms with Gasteiger partial charge in [0.1, 0.15) is 5.82 Å². The van der Waals surface area contributed by atoms with Crippen molar-refractivity contribution in [3.05, 3.63) is 83.2 Å². The zero-order valence-electron chi connectivity index (χ0n) is 11.8. The maximum absolute atomic E-state index is 13.8. The highest BCUT2D eigenvalue weighted by molar-refractivity contribution is 6.00. The molecule has 104 valence electrons. The average molecular weight is 278 g/mol. The Balaban J connectivity index is 1.99. The molecule has 0 bridgehead atoms. The highest BCUT2D eigenvalue weighted by Crippen LogP contribution is 2.21. The summed E-state index contributed by atoms with van der Waals surface area (Å²) >= 11 is 0. The molecule has 0 aliphatic rings. The molecule has 0 atom stereocenters. The van der Waals surface area contributed by atoms with Gasteiger partial charge in [0.15, 0.2) is 5.78 Å². The van der Waals surface area contributed by atoms with Crippen molar-refractivity contribution in [1.29, 1.82) is 0 Å². The number of rotatable bonds is 3. The van der Waals surface area contributed by atoms with Crippen molar-refractivity contribution >= 4 is 16.6 Å². The standard InChI is InChI=1S/C19H15FO/c1-13-9-10-18(20)17(11-13)19(21)12-15-7-4-6-14-5-2-3-8-16(14)15/h2-11H,12H2,1H3. The van der Waals surface area contributed by atoms with Crippen LogP contribution in [0.5, 0.6) is 0 Å². The molecule has 0 aromatic heterocycles. The van der Waals surface area contributed by atoms with E-state index in [1.54, 1.807) is 12.1 Å². The molecule has 0 fully saturated rings. The Morgan fingerprint density at radius 1 is 1.00 bits per heavy atom. The molecule has 1 nitrogen and oxygen atoms in total. The summed E-state index contributed by atoms with van der Waals surface area (Å²) in [7, 11) is 0. The van der Waals surface area contributed by atoms with Crippen LogP contribution in [0.25, 0.3) is 10.8 Å². The molecule has 2 heteroatoms. The fourth-order valence-electron chi connectivity index (χ4n) is 2.57. The van der Waals surface area contributed by atoms with Crippen molar-refractivity contribution in [2.75, 3.05) is 0 Å². The van der Waals surface area contributed by atoms with Crippen molar-refractivity contribution in [3.63, 3.8) is 0 Å². The molecule has 0 amide bonds. The Morgan fingerprint density at radius 2 is 1.76 bits per heavy atom. The predicted octanol–water partition coefficient (Wildman–Crippen LogP) is 4.71. The molecule has 0 saturated carbocycles. The number of hydrogen-bond donors (Lipinski definition) is 0. The molecule has 21 heavy (non-hydrogen) atoms. The van der Waals surface area contributed by atoms with Gasteiger partial charge in [0.25, 0.3) is 0 Å². The summed E-state index contributed by atoms with van der Waals surface area (Å²) in [4.78, 5) is 12.4. The first-order chi connectivity index (χ1) is 10.1. The van der Waals surface area contributed by atoms with E-state index in [4.69, 9.17) is 0 Å². The number of benzene rings is 3. The van der Waals surface area contributed by atoms with Crippen LogP contribution >= 0.6 is 0 Å². The molecule has 0 saturated heterocycles. The SMILES string of the molecule is Cc1ccc(F)c(C(=O)Cc2cccc3ccccc23)c1. The second-order valence-electron chi connectivity index (χ2n) is 5.22. The molecule has 3 aromatic rings. The number of aryl methyl sites for hydroxylation is 1. The Hall–Kier alpha value is -2.48. The summed E-state index contributed by atoms with van der Waals surface area (Å²) in [6, 6.07) is 18.4. The van der Waals surface area contributed by atoms with Crippen LogP contribution in [0.2, 0.25) is 0 Å². The number of halogens is 1. The third kappa shape index (κ3) is 2.70. The highest BCUT2D eigenvalue weighted by atomic mass is 19.1. The smallest absolute Gasteiger partial charge is 0.170 e. The molecule has 0 aliphatic carbocycles. The molecule has 0 radical (unpaired) electrons. The van der Waals surface area contributed by atoms with Crippen molar-refractivity contribution in [3.8, 4) is 0 Å². The van der Waals surface area contributed by atoms with Crippen LogP contribution in [-0.2, 0) is 6.42 Å². The van der Waals surface area contributed by atoms with Gasteiger partial charge in [-0.2, -0.15) is 0 Å². The minimum atomic E-state index is -0.453. The number of hydrogen-bond acceptors (Lipinski definition) is 1. The quantitative estimate of drug-likeness (QED) is 0.634.